The van der Waals surface area contributed by atoms with Crippen molar-refractivity contribution in [2.24, 2.45) is 5.16 Å². The van der Waals surface area contributed by atoms with Crippen LogP contribution in [-0.4, -0.2) is 10.9 Å². The van der Waals surface area contributed by atoms with Crippen LogP contribution in [0.5, 0.6) is 0 Å². The van der Waals surface area contributed by atoms with Gasteiger partial charge in [0, 0.05) is 6.42 Å². The molecule has 3 nitrogen and oxygen atoms in total. The highest BCUT2D eigenvalue weighted by Gasteiger charge is 1.89. The van der Waals surface area contributed by atoms with Gasteiger partial charge in [0.1, 0.15) is 0 Å². The summed E-state index contributed by atoms with van der Waals surface area (Å²) in [7, 11) is 0. The molecule has 0 aromatic carbocycles. The number of nitriles is 1. The molecule has 0 aliphatic heterocycles. The van der Waals surface area contributed by atoms with Crippen molar-refractivity contribution in [3.8, 4) is 6.07 Å². The first-order chi connectivity index (χ1) is 4.31. The number of rotatable bonds is 3. The van der Waals surface area contributed by atoms with E-state index in [1.165, 1.54) is 0 Å². The molecule has 0 unspecified atom stereocenters. The van der Waals surface area contributed by atoms with Gasteiger partial charge < -0.3 is 5.21 Å². The van der Waals surface area contributed by atoms with Crippen molar-refractivity contribution in [2.45, 2.75) is 26.2 Å². The molecule has 0 aliphatic carbocycles. The second-order valence-corrected chi connectivity index (χ2v) is 1.85. The van der Waals surface area contributed by atoms with Crippen LogP contribution in [0.1, 0.15) is 26.2 Å². The van der Waals surface area contributed by atoms with Crippen LogP contribution in [0.4, 0.5) is 0 Å². The second kappa shape index (κ2) is 5.10. The summed E-state index contributed by atoms with van der Waals surface area (Å²) in [5, 5.41) is 19.2. The molecule has 0 saturated carbocycles. The Balaban J connectivity index is 3.20. The fraction of sp³-hybridized carbons (Fsp3) is 0.667. The molecule has 0 aromatic rings. The third kappa shape index (κ3) is 4.82. The third-order valence-electron chi connectivity index (χ3n) is 0.998. The maximum Gasteiger partial charge on any atom is 0.0621 e. The van der Waals surface area contributed by atoms with Gasteiger partial charge in [-0.25, -0.2) is 0 Å². The van der Waals surface area contributed by atoms with E-state index in [4.69, 9.17) is 10.5 Å². The molecule has 3 heteroatoms. The first-order valence-corrected chi connectivity index (χ1v) is 2.85. The van der Waals surface area contributed by atoms with Gasteiger partial charge >= 0.3 is 0 Å². The Morgan fingerprint density at radius 1 is 1.78 bits per heavy atom. The van der Waals surface area contributed by atoms with Crippen LogP contribution in [0.3, 0.4) is 0 Å². The van der Waals surface area contributed by atoms with E-state index in [9.17, 15) is 0 Å². The monoisotopic (exact) mass is 126 g/mol. The molecular formula is C6H10N2O. The predicted octanol–water partition coefficient (Wildman–Crippen LogP) is 1.53. The van der Waals surface area contributed by atoms with E-state index in [0.717, 1.165) is 6.42 Å². The van der Waals surface area contributed by atoms with Crippen molar-refractivity contribution in [3.05, 3.63) is 0 Å². The van der Waals surface area contributed by atoms with Gasteiger partial charge in [-0.3, -0.25) is 0 Å². The third-order valence-corrected chi connectivity index (χ3v) is 0.998. The van der Waals surface area contributed by atoms with Gasteiger partial charge in [-0.2, -0.15) is 5.26 Å². The molecule has 0 radical (unpaired) electrons. The number of unbranched alkanes of at least 4 members (excludes halogenated alkanes) is 1. The smallest absolute Gasteiger partial charge is 0.0621 e. The van der Waals surface area contributed by atoms with E-state index in [1.807, 2.05) is 6.07 Å². The van der Waals surface area contributed by atoms with Crippen molar-refractivity contribution < 1.29 is 5.21 Å². The standard InChI is InChI=1S/C6H10N2O/c1-6(8-9)4-2-3-5-7/h9H,2-4H2,1H3/b8-6-. The average Bonchev–Trinajstić information content (AvgIpc) is 1.89. The van der Waals surface area contributed by atoms with E-state index in [0.29, 0.717) is 18.6 Å². The Morgan fingerprint density at radius 2 is 2.44 bits per heavy atom. The molecule has 0 atom stereocenters. The Bertz CT molecular complexity index is 134. The zero-order chi connectivity index (χ0) is 7.11. The molecule has 50 valence electrons. The Hall–Kier alpha value is -1.04. The predicted molar refractivity (Wildman–Crippen MR) is 34.4 cm³/mol. The number of oxime groups is 1. The molecule has 1 N–H and O–H groups in total. The zero-order valence-electron chi connectivity index (χ0n) is 5.46. The summed E-state index contributed by atoms with van der Waals surface area (Å²) in [6.07, 6.45) is 2.03. The molecule has 0 bridgehead atoms. The summed E-state index contributed by atoms with van der Waals surface area (Å²) in [6.45, 7) is 1.73. The minimum atomic E-state index is 0.535. The van der Waals surface area contributed by atoms with Crippen molar-refractivity contribution in [1.82, 2.24) is 0 Å². The number of nitrogens with zero attached hydrogens (tertiary/aromatic N) is 2. The van der Waals surface area contributed by atoms with E-state index >= 15 is 0 Å². The maximum absolute atomic E-state index is 8.14. The van der Waals surface area contributed by atoms with E-state index < -0.39 is 0 Å². The Kier molecular flexibility index (Phi) is 4.51. The molecule has 9 heavy (non-hydrogen) atoms. The molecule has 0 amide bonds. The van der Waals surface area contributed by atoms with Crippen LogP contribution >= 0.6 is 0 Å². The van der Waals surface area contributed by atoms with Gasteiger partial charge in [0.2, 0.25) is 0 Å². The van der Waals surface area contributed by atoms with Gasteiger partial charge in [0.05, 0.1) is 11.8 Å². The van der Waals surface area contributed by atoms with Crippen LogP contribution in [0.2, 0.25) is 0 Å². The Labute approximate surface area is 54.6 Å². The summed E-state index contributed by atoms with van der Waals surface area (Å²) < 4.78 is 0. The topological polar surface area (TPSA) is 56.4 Å². The summed E-state index contributed by atoms with van der Waals surface area (Å²) in [5.74, 6) is 0. The van der Waals surface area contributed by atoms with Gasteiger partial charge in [0.25, 0.3) is 0 Å². The van der Waals surface area contributed by atoms with Crippen LogP contribution in [-0.2, 0) is 0 Å². The van der Waals surface area contributed by atoms with Crippen molar-refractivity contribution >= 4 is 5.71 Å². The summed E-state index contributed by atoms with van der Waals surface area (Å²) in [5.41, 5.74) is 0.685. The highest BCUT2D eigenvalue weighted by atomic mass is 16.4. The van der Waals surface area contributed by atoms with Crippen molar-refractivity contribution in [3.63, 3.8) is 0 Å². The fourth-order valence-corrected chi connectivity index (χ4v) is 0.473. The lowest BCUT2D eigenvalue weighted by Gasteiger charge is -1.90. The first-order valence-electron chi connectivity index (χ1n) is 2.85. The van der Waals surface area contributed by atoms with Crippen molar-refractivity contribution in [1.29, 1.82) is 5.26 Å². The number of hydrogen-bond acceptors (Lipinski definition) is 3. The highest BCUT2D eigenvalue weighted by molar-refractivity contribution is 5.81. The number of hydrogen-bond donors (Lipinski definition) is 1. The van der Waals surface area contributed by atoms with Crippen LogP contribution in [0.15, 0.2) is 5.16 Å². The molecular weight excluding hydrogens is 116 g/mol. The minimum Gasteiger partial charge on any atom is -0.411 e. The average molecular weight is 126 g/mol. The quantitative estimate of drug-likeness (QED) is 0.270. The largest absolute Gasteiger partial charge is 0.411 e. The molecule has 0 spiro atoms. The maximum atomic E-state index is 8.14. The van der Waals surface area contributed by atoms with Gasteiger partial charge in [-0.15, -0.1) is 0 Å². The van der Waals surface area contributed by atoms with Crippen LogP contribution in [0.25, 0.3) is 0 Å². The van der Waals surface area contributed by atoms with Gasteiger partial charge in [-0.05, 0) is 19.8 Å². The van der Waals surface area contributed by atoms with Gasteiger partial charge in [-0.1, -0.05) is 5.16 Å². The fourth-order valence-electron chi connectivity index (χ4n) is 0.473. The lowest BCUT2D eigenvalue weighted by atomic mass is 10.2. The van der Waals surface area contributed by atoms with Crippen molar-refractivity contribution in [2.75, 3.05) is 0 Å². The summed E-state index contributed by atoms with van der Waals surface area (Å²) >= 11 is 0. The van der Waals surface area contributed by atoms with E-state index in [1.54, 1.807) is 6.92 Å². The zero-order valence-corrected chi connectivity index (χ0v) is 5.46. The molecule has 0 rings (SSSR count). The van der Waals surface area contributed by atoms with Crippen LogP contribution in [0, 0.1) is 11.3 Å². The molecule has 0 saturated heterocycles. The van der Waals surface area contributed by atoms with E-state index in [2.05, 4.69) is 5.16 Å². The normalized spacial score (nSPS) is 10.9. The summed E-state index contributed by atoms with van der Waals surface area (Å²) in [6, 6.07) is 2.01. The molecule has 0 aliphatic rings. The van der Waals surface area contributed by atoms with Gasteiger partial charge in [0.15, 0.2) is 0 Å². The first kappa shape index (κ1) is 7.96. The molecule has 0 heterocycles. The summed E-state index contributed by atoms with van der Waals surface area (Å²) in [4.78, 5) is 0. The highest BCUT2D eigenvalue weighted by Crippen LogP contribution is 1.95. The SMILES string of the molecule is C/C(CCCC#N)=N/O. The second-order valence-electron chi connectivity index (χ2n) is 1.85. The lowest BCUT2D eigenvalue weighted by Crippen LogP contribution is -1.89. The lowest BCUT2D eigenvalue weighted by molar-refractivity contribution is 0.317. The molecule has 0 aromatic heterocycles. The molecule has 0 fully saturated rings. The van der Waals surface area contributed by atoms with Crippen LogP contribution < -0.4 is 0 Å². The van der Waals surface area contributed by atoms with E-state index in [-0.39, 0.29) is 0 Å². The Morgan fingerprint density at radius 3 is 2.89 bits per heavy atom. The minimum absolute atomic E-state index is 0.535.